The zero-order valence-corrected chi connectivity index (χ0v) is 10.2. The van der Waals surface area contributed by atoms with E-state index in [2.05, 4.69) is 60.5 Å². The van der Waals surface area contributed by atoms with E-state index in [1.54, 1.807) is 5.56 Å². The van der Waals surface area contributed by atoms with Crippen molar-refractivity contribution in [1.29, 1.82) is 0 Å². The number of aryl methyl sites for hydroxylation is 1. The van der Waals surface area contributed by atoms with Crippen molar-refractivity contribution >= 4 is 11.4 Å². The summed E-state index contributed by atoms with van der Waals surface area (Å²) in [4.78, 5) is 2.30. The van der Waals surface area contributed by atoms with Gasteiger partial charge in [-0.15, -0.1) is 0 Å². The Bertz CT molecular complexity index is 516. The van der Waals surface area contributed by atoms with Crippen LogP contribution in [-0.4, -0.2) is 7.05 Å². The van der Waals surface area contributed by atoms with Crippen molar-refractivity contribution in [2.24, 2.45) is 0 Å². The summed E-state index contributed by atoms with van der Waals surface area (Å²) in [6.45, 7) is 0. The third kappa shape index (κ3) is 1.82. The lowest BCUT2D eigenvalue weighted by molar-refractivity contribution is 0.910. The molecule has 0 amide bonds. The maximum Gasteiger partial charge on any atom is 0.0443 e. The van der Waals surface area contributed by atoms with E-state index < -0.39 is 0 Å². The molecule has 17 heavy (non-hydrogen) atoms. The van der Waals surface area contributed by atoms with Crippen molar-refractivity contribution < 1.29 is 0 Å². The van der Waals surface area contributed by atoms with Crippen molar-refractivity contribution in [2.75, 3.05) is 11.9 Å². The zero-order chi connectivity index (χ0) is 11.7. The normalized spacial score (nSPS) is 13.5. The Labute approximate surface area is 103 Å². The van der Waals surface area contributed by atoms with Crippen molar-refractivity contribution in [3.05, 3.63) is 59.7 Å². The van der Waals surface area contributed by atoms with E-state index in [1.807, 2.05) is 0 Å². The van der Waals surface area contributed by atoms with Gasteiger partial charge in [0.1, 0.15) is 0 Å². The van der Waals surface area contributed by atoms with Crippen LogP contribution in [0.25, 0.3) is 0 Å². The summed E-state index contributed by atoms with van der Waals surface area (Å²) in [6.07, 6.45) is 3.77. The first-order valence-electron chi connectivity index (χ1n) is 6.26. The highest BCUT2D eigenvalue weighted by Crippen LogP contribution is 2.33. The van der Waals surface area contributed by atoms with Gasteiger partial charge in [-0.3, -0.25) is 0 Å². The Hall–Kier alpha value is -1.76. The SMILES string of the molecule is CN(c1ccccc1)c1cccc2c1CCC2. The number of hydrogen-bond acceptors (Lipinski definition) is 1. The molecule has 2 aromatic rings. The van der Waals surface area contributed by atoms with Crippen LogP contribution in [0.5, 0.6) is 0 Å². The molecular weight excluding hydrogens is 206 g/mol. The van der Waals surface area contributed by atoms with Crippen LogP contribution in [0.4, 0.5) is 11.4 Å². The second kappa shape index (κ2) is 4.25. The summed E-state index contributed by atoms with van der Waals surface area (Å²) in [7, 11) is 2.16. The van der Waals surface area contributed by atoms with Crippen LogP contribution >= 0.6 is 0 Å². The van der Waals surface area contributed by atoms with Gasteiger partial charge in [-0.1, -0.05) is 30.3 Å². The molecular formula is C16H17N. The molecule has 3 rings (SSSR count). The van der Waals surface area contributed by atoms with Crippen LogP contribution in [-0.2, 0) is 12.8 Å². The van der Waals surface area contributed by atoms with Crippen molar-refractivity contribution in [1.82, 2.24) is 0 Å². The first kappa shape index (κ1) is 10.4. The fourth-order valence-electron chi connectivity index (χ4n) is 2.70. The molecule has 1 aliphatic rings. The van der Waals surface area contributed by atoms with Crippen LogP contribution in [0.2, 0.25) is 0 Å². The summed E-state index contributed by atoms with van der Waals surface area (Å²) in [5, 5.41) is 0. The molecule has 1 aliphatic carbocycles. The van der Waals surface area contributed by atoms with Gasteiger partial charge in [0.25, 0.3) is 0 Å². The van der Waals surface area contributed by atoms with Crippen molar-refractivity contribution in [3.63, 3.8) is 0 Å². The molecule has 0 fully saturated rings. The molecule has 1 heteroatoms. The Morgan fingerprint density at radius 1 is 0.882 bits per heavy atom. The lowest BCUT2D eigenvalue weighted by atomic mass is 10.1. The first-order valence-corrected chi connectivity index (χ1v) is 6.26. The summed E-state index contributed by atoms with van der Waals surface area (Å²) in [5.41, 5.74) is 5.70. The van der Waals surface area contributed by atoms with E-state index in [1.165, 1.54) is 36.2 Å². The van der Waals surface area contributed by atoms with Crippen LogP contribution in [0.1, 0.15) is 17.5 Å². The second-order valence-electron chi connectivity index (χ2n) is 4.66. The average Bonchev–Trinajstić information content (AvgIpc) is 2.87. The number of rotatable bonds is 2. The smallest absolute Gasteiger partial charge is 0.0443 e. The third-order valence-corrected chi connectivity index (χ3v) is 3.63. The zero-order valence-electron chi connectivity index (χ0n) is 10.2. The quantitative estimate of drug-likeness (QED) is 0.745. The lowest BCUT2D eigenvalue weighted by Gasteiger charge is -2.22. The van der Waals surface area contributed by atoms with Gasteiger partial charge in [0.05, 0.1) is 0 Å². The van der Waals surface area contributed by atoms with E-state index >= 15 is 0 Å². The van der Waals surface area contributed by atoms with Gasteiger partial charge in [-0.2, -0.15) is 0 Å². The molecule has 0 radical (unpaired) electrons. The van der Waals surface area contributed by atoms with Gasteiger partial charge in [-0.25, -0.2) is 0 Å². The standard InChI is InChI=1S/C16H17N/c1-17(14-9-3-2-4-10-14)16-12-6-8-13-7-5-11-15(13)16/h2-4,6,8-10,12H,5,7,11H2,1H3. The average molecular weight is 223 g/mol. The number of fused-ring (bicyclic) bond motifs is 1. The number of nitrogens with zero attached hydrogens (tertiary/aromatic N) is 1. The molecule has 0 aromatic heterocycles. The van der Waals surface area contributed by atoms with Gasteiger partial charge in [0.2, 0.25) is 0 Å². The highest BCUT2D eigenvalue weighted by atomic mass is 15.1. The van der Waals surface area contributed by atoms with Gasteiger partial charge < -0.3 is 4.90 Å². The molecule has 0 spiro atoms. The van der Waals surface area contributed by atoms with Gasteiger partial charge >= 0.3 is 0 Å². The summed E-state index contributed by atoms with van der Waals surface area (Å²) in [6, 6.07) is 17.3. The molecule has 0 saturated heterocycles. The molecule has 0 atom stereocenters. The molecule has 1 nitrogen and oxygen atoms in total. The molecule has 0 bridgehead atoms. The lowest BCUT2D eigenvalue weighted by Crippen LogP contribution is -2.11. The van der Waals surface area contributed by atoms with Gasteiger partial charge in [-0.05, 0) is 48.6 Å². The van der Waals surface area contributed by atoms with Crippen molar-refractivity contribution in [3.8, 4) is 0 Å². The van der Waals surface area contributed by atoms with Crippen LogP contribution < -0.4 is 4.90 Å². The fraction of sp³-hybridized carbons (Fsp3) is 0.250. The molecule has 0 N–H and O–H groups in total. The summed E-state index contributed by atoms with van der Waals surface area (Å²) in [5.74, 6) is 0. The monoisotopic (exact) mass is 223 g/mol. The topological polar surface area (TPSA) is 3.24 Å². The minimum absolute atomic E-state index is 1.22. The second-order valence-corrected chi connectivity index (χ2v) is 4.66. The number of benzene rings is 2. The minimum Gasteiger partial charge on any atom is -0.344 e. The molecule has 2 aromatic carbocycles. The number of hydrogen-bond donors (Lipinski definition) is 0. The fourth-order valence-corrected chi connectivity index (χ4v) is 2.70. The molecule has 0 heterocycles. The summed E-state index contributed by atoms with van der Waals surface area (Å²) >= 11 is 0. The number of para-hydroxylation sites is 1. The third-order valence-electron chi connectivity index (χ3n) is 3.63. The van der Waals surface area contributed by atoms with E-state index in [4.69, 9.17) is 0 Å². The van der Waals surface area contributed by atoms with Gasteiger partial charge in [0, 0.05) is 18.4 Å². The predicted molar refractivity (Wildman–Crippen MR) is 73.0 cm³/mol. The Morgan fingerprint density at radius 2 is 1.71 bits per heavy atom. The minimum atomic E-state index is 1.22. The van der Waals surface area contributed by atoms with E-state index in [0.29, 0.717) is 0 Å². The Kier molecular flexibility index (Phi) is 2.60. The maximum atomic E-state index is 2.30. The van der Waals surface area contributed by atoms with Crippen LogP contribution in [0.15, 0.2) is 48.5 Å². The van der Waals surface area contributed by atoms with Crippen LogP contribution in [0, 0.1) is 0 Å². The molecule has 86 valence electrons. The van der Waals surface area contributed by atoms with E-state index in [0.717, 1.165) is 0 Å². The summed E-state index contributed by atoms with van der Waals surface area (Å²) < 4.78 is 0. The van der Waals surface area contributed by atoms with Crippen molar-refractivity contribution in [2.45, 2.75) is 19.3 Å². The Balaban J connectivity index is 2.03. The highest BCUT2D eigenvalue weighted by Gasteiger charge is 2.16. The van der Waals surface area contributed by atoms with Crippen LogP contribution in [0.3, 0.4) is 0 Å². The number of anilines is 2. The van der Waals surface area contributed by atoms with Gasteiger partial charge in [0.15, 0.2) is 0 Å². The Morgan fingerprint density at radius 3 is 2.53 bits per heavy atom. The highest BCUT2D eigenvalue weighted by molar-refractivity contribution is 5.67. The van der Waals surface area contributed by atoms with E-state index in [9.17, 15) is 0 Å². The maximum absolute atomic E-state index is 2.30. The molecule has 0 saturated carbocycles. The van der Waals surface area contributed by atoms with E-state index in [-0.39, 0.29) is 0 Å². The molecule has 0 unspecified atom stereocenters. The first-order chi connectivity index (χ1) is 8.36. The largest absolute Gasteiger partial charge is 0.344 e. The predicted octanol–water partition coefficient (Wildman–Crippen LogP) is 3.94. The molecule has 0 aliphatic heterocycles.